The van der Waals surface area contributed by atoms with Gasteiger partial charge in [0, 0.05) is 22.2 Å². The van der Waals surface area contributed by atoms with E-state index in [1.807, 2.05) is 71.9 Å². The van der Waals surface area contributed by atoms with Gasteiger partial charge in [0.1, 0.15) is 0 Å². The van der Waals surface area contributed by atoms with E-state index >= 15 is 0 Å². The van der Waals surface area contributed by atoms with E-state index in [-0.39, 0.29) is 30.5 Å². The van der Waals surface area contributed by atoms with E-state index in [9.17, 15) is 9.59 Å². The lowest BCUT2D eigenvalue weighted by atomic mass is 10.1. The number of amidine groups is 1. The van der Waals surface area contributed by atoms with Crippen molar-refractivity contribution in [3.05, 3.63) is 56.9 Å². The molecule has 192 valence electrons. The number of rotatable bonds is 9. The fourth-order valence-electron chi connectivity index (χ4n) is 3.41. The summed E-state index contributed by atoms with van der Waals surface area (Å²) < 4.78 is 12.3. The second-order valence-electron chi connectivity index (χ2n) is 8.84. The summed E-state index contributed by atoms with van der Waals surface area (Å²) in [5.74, 6) is 0.568. The van der Waals surface area contributed by atoms with Gasteiger partial charge in [-0.05, 0) is 89.2 Å². The molecular formula is C27H32BrN3O4S. The molecule has 2 aromatic rings. The molecule has 0 spiro atoms. The van der Waals surface area contributed by atoms with E-state index in [2.05, 4.69) is 26.2 Å². The number of anilines is 1. The van der Waals surface area contributed by atoms with Crippen molar-refractivity contribution >= 4 is 56.4 Å². The predicted molar refractivity (Wildman–Crippen MR) is 151 cm³/mol. The van der Waals surface area contributed by atoms with E-state index < -0.39 is 0 Å². The van der Waals surface area contributed by atoms with E-state index in [1.165, 1.54) is 11.8 Å². The topological polar surface area (TPSA) is 80.2 Å². The quantitative estimate of drug-likeness (QED) is 0.358. The van der Waals surface area contributed by atoms with E-state index in [1.54, 1.807) is 17.0 Å². The molecule has 0 bridgehead atoms. The van der Waals surface area contributed by atoms with Crippen LogP contribution in [0.4, 0.5) is 5.69 Å². The molecule has 3 rings (SSSR count). The number of aliphatic imine (C=N–C) groups is 1. The summed E-state index contributed by atoms with van der Waals surface area (Å²) in [7, 11) is 0. The minimum atomic E-state index is -0.276. The van der Waals surface area contributed by atoms with Gasteiger partial charge in [0.2, 0.25) is 0 Å². The van der Waals surface area contributed by atoms with Crippen molar-refractivity contribution in [2.24, 2.45) is 4.99 Å². The number of hydrogen-bond donors (Lipinski definition) is 1. The van der Waals surface area contributed by atoms with Gasteiger partial charge in [0.25, 0.3) is 11.8 Å². The Morgan fingerprint density at radius 2 is 1.81 bits per heavy atom. The molecule has 0 aromatic heterocycles. The smallest absolute Gasteiger partial charge is 0.266 e. The minimum Gasteiger partial charge on any atom is -0.490 e. The Labute approximate surface area is 225 Å². The first-order chi connectivity index (χ1) is 17.1. The zero-order valence-electron chi connectivity index (χ0n) is 21.4. The van der Waals surface area contributed by atoms with E-state index in [0.29, 0.717) is 38.3 Å². The van der Waals surface area contributed by atoms with Gasteiger partial charge in [-0.1, -0.05) is 33.6 Å². The average molecular weight is 575 g/mol. The van der Waals surface area contributed by atoms with Crippen LogP contribution in [0.2, 0.25) is 0 Å². The molecule has 36 heavy (non-hydrogen) atoms. The standard InChI is InChI=1S/C27H32BrN3O4S/c1-7-34-22-12-19(13-24-26(33)31(17(4)5)27(36-24)29-16(2)3)21(28)14-23(22)35-15-25(32)30-20-10-8-18(6)9-11-20/h8-14,16-17H,7,15H2,1-6H3,(H,30,32)/b24-13+,29-27?. The minimum absolute atomic E-state index is 0.00217. The van der Waals surface area contributed by atoms with Crippen LogP contribution in [0.1, 0.15) is 45.7 Å². The van der Waals surface area contributed by atoms with Gasteiger partial charge in [-0.2, -0.15) is 0 Å². The number of ether oxygens (including phenoxy) is 2. The van der Waals surface area contributed by atoms with Gasteiger partial charge in [-0.15, -0.1) is 0 Å². The summed E-state index contributed by atoms with van der Waals surface area (Å²) >= 11 is 4.95. The number of amides is 2. The highest BCUT2D eigenvalue weighted by Gasteiger charge is 2.35. The van der Waals surface area contributed by atoms with Crippen molar-refractivity contribution < 1.29 is 19.1 Å². The molecule has 0 unspecified atom stereocenters. The lowest BCUT2D eigenvalue weighted by Gasteiger charge is -2.20. The van der Waals surface area contributed by atoms with Crippen LogP contribution in [0.5, 0.6) is 11.5 Å². The second-order valence-corrected chi connectivity index (χ2v) is 10.7. The molecule has 7 nitrogen and oxygen atoms in total. The number of halogens is 1. The number of nitrogens with one attached hydrogen (secondary N) is 1. The molecule has 0 radical (unpaired) electrons. The summed E-state index contributed by atoms with van der Waals surface area (Å²) in [5, 5.41) is 3.52. The highest BCUT2D eigenvalue weighted by atomic mass is 79.9. The van der Waals surface area contributed by atoms with Crippen molar-refractivity contribution in [1.29, 1.82) is 0 Å². The monoisotopic (exact) mass is 573 g/mol. The Morgan fingerprint density at radius 1 is 1.14 bits per heavy atom. The van der Waals surface area contributed by atoms with Gasteiger partial charge in [0.05, 0.1) is 11.5 Å². The van der Waals surface area contributed by atoms with Crippen LogP contribution in [0.25, 0.3) is 6.08 Å². The van der Waals surface area contributed by atoms with Crippen molar-refractivity contribution in [3.8, 4) is 11.5 Å². The molecule has 1 fully saturated rings. The summed E-state index contributed by atoms with van der Waals surface area (Å²) in [4.78, 5) is 32.4. The second kappa shape index (κ2) is 12.5. The van der Waals surface area contributed by atoms with Gasteiger partial charge >= 0.3 is 0 Å². The third-order valence-corrected chi connectivity index (χ3v) is 6.75. The maximum absolute atomic E-state index is 13.1. The number of aryl methyl sites for hydroxylation is 1. The molecule has 2 amide bonds. The first-order valence-electron chi connectivity index (χ1n) is 11.9. The molecule has 1 saturated heterocycles. The van der Waals surface area contributed by atoms with Gasteiger partial charge in [-0.25, -0.2) is 0 Å². The third-order valence-electron chi connectivity index (χ3n) is 5.07. The molecule has 2 aromatic carbocycles. The Bertz CT molecular complexity index is 1180. The first kappa shape index (κ1) is 27.8. The number of benzene rings is 2. The van der Waals surface area contributed by atoms with Crippen molar-refractivity contribution in [3.63, 3.8) is 0 Å². The van der Waals surface area contributed by atoms with E-state index in [0.717, 1.165) is 11.1 Å². The Hall–Kier alpha value is -2.78. The molecule has 0 atom stereocenters. The maximum Gasteiger partial charge on any atom is 0.266 e. The number of hydrogen-bond acceptors (Lipinski definition) is 6. The SMILES string of the molecule is CCOc1cc(/C=C2/SC(=NC(C)C)N(C(C)C)C2=O)c(Br)cc1OCC(=O)Nc1ccc(C)cc1. The third kappa shape index (κ3) is 7.13. The van der Waals surface area contributed by atoms with Crippen LogP contribution < -0.4 is 14.8 Å². The van der Waals surface area contributed by atoms with Crippen molar-refractivity contribution in [2.45, 2.75) is 53.6 Å². The van der Waals surface area contributed by atoms with E-state index in [4.69, 9.17) is 9.47 Å². The number of thioether (sulfide) groups is 1. The average Bonchev–Trinajstić information content (AvgIpc) is 3.10. The summed E-state index contributed by atoms with van der Waals surface area (Å²) in [6.07, 6.45) is 1.83. The summed E-state index contributed by atoms with van der Waals surface area (Å²) in [6, 6.07) is 11.2. The summed E-state index contributed by atoms with van der Waals surface area (Å²) in [5.41, 5.74) is 2.58. The molecule has 1 heterocycles. The molecule has 9 heteroatoms. The summed E-state index contributed by atoms with van der Waals surface area (Å²) in [6.45, 7) is 12.0. The van der Waals surface area contributed by atoms with Gasteiger partial charge < -0.3 is 14.8 Å². The fourth-order valence-corrected chi connectivity index (χ4v) is 5.07. The molecule has 1 aliphatic heterocycles. The zero-order chi connectivity index (χ0) is 26.4. The van der Waals surface area contributed by atoms with Crippen LogP contribution in [0.15, 0.2) is 50.8 Å². The lowest BCUT2D eigenvalue weighted by Crippen LogP contribution is -2.35. The fraction of sp³-hybridized carbons (Fsp3) is 0.370. The normalized spacial score (nSPS) is 15.9. The largest absolute Gasteiger partial charge is 0.490 e. The van der Waals surface area contributed by atoms with Crippen LogP contribution >= 0.6 is 27.7 Å². The zero-order valence-corrected chi connectivity index (χ0v) is 23.8. The Morgan fingerprint density at radius 3 is 2.42 bits per heavy atom. The molecular weight excluding hydrogens is 542 g/mol. The molecule has 1 N–H and O–H groups in total. The number of carbonyl (C=O) groups is 2. The molecule has 0 saturated carbocycles. The van der Waals surface area contributed by atoms with Crippen LogP contribution in [-0.2, 0) is 9.59 Å². The molecule has 1 aliphatic rings. The predicted octanol–water partition coefficient (Wildman–Crippen LogP) is 6.26. The Kier molecular flexibility index (Phi) is 9.62. The van der Waals surface area contributed by atoms with Gasteiger partial charge in [-0.3, -0.25) is 19.5 Å². The number of carbonyl (C=O) groups excluding carboxylic acids is 2. The van der Waals surface area contributed by atoms with Crippen molar-refractivity contribution in [1.82, 2.24) is 4.90 Å². The van der Waals surface area contributed by atoms with Crippen LogP contribution in [0, 0.1) is 6.92 Å². The van der Waals surface area contributed by atoms with Crippen LogP contribution in [0.3, 0.4) is 0 Å². The molecule has 0 aliphatic carbocycles. The highest BCUT2D eigenvalue weighted by molar-refractivity contribution is 9.10. The van der Waals surface area contributed by atoms with Crippen LogP contribution in [-0.4, -0.2) is 47.2 Å². The lowest BCUT2D eigenvalue weighted by molar-refractivity contribution is -0.123. The van der Waals surface area contributed by atoms with Crippen molar-refractivity contribution in [2.75, 3.05) is 18.5 Å². The first-order valence-corrected chi connectivity index (χ1v) is 13.5. The number of nitrogens with zero attached hydrogens (tertiary/aromatic N) is 2. The highest BCUT2D eigenvalue weighted by Crippen LogP contribution is 2.39. The Balaban J connectivity index is 1.81. The maximum atomic E-state index is 13.1. The van der Waals surface area contributed by atoms with Gasteiger partial charge in [0.15, 0.2) is 23.3 Å².